The van der Waals surface area contributed by atoms with Crippen LogP contribution in [0.3, 0.4) is 0 Å². The summed E-state index contributed by atoms with van der Waals surface area (Å²) in [6.07, 6.45) is 3.66. The van der Waals surface area contributed by atoms with Gasteiger partial charge in [-0.05, 0) is 35.9 Å². The minimum atomic E-state index is -0.00780. The summed E-state index contributed by atoms with van der Waals surface area (Å²) in [4.78, 5) is 19.1. The smallest absolute Gasteiger partial charge is 0.253 e. The van der Waals surface area contributed by atoms with Crippen LogP contribution >= 0.6 is 11.3 Å². The van der Waals surface area contributed by atoms with Crippen molar-refractivity contribution in [2.45, 2.75) is 13.1 Å². The number of aromatic nitrogens is 3. The molecule has 2 heterocycles. The highest BCUT2D eigenvalue weighted by Gasteiger charge is 2.14. The fraction of sp³-hybridized carbons (Fsp3) is 0.150. The van der Waals surface area contributed by atoms with Crippen molar-refractivity contribution >= 4 is 27.5 Å². The number of rotatable bonds is 5. The molecule has 0 unspecified atom stereocenters. The van der Waals surface area contributed by atoms with Crippen LogP contribution < -0.4 is 0 Å². The van der Waals surface area contributed by atoms with E-state index >= 15 is 0 Å². The van der Waals surface area contributed by atoms with Crippen molar-refractivity contribution in [2.75, 3.05) is 7.05 Å². The Hall–Kier alpha value is -2.99. The first-order valence-electron chi connectivity index (χ1n) is 8.35. The summed E-state index contributed by atoms with van der Waals surface area (Å²) < 4.78 is 2.98. The fourth-order valence-electron chi connectivity index (χ4n) is 2.87. The van der Waals surface area contributed by atoms with E-state index in [9.17, 15) is 4.79 Å². The number of carbonyl (C=O) groups excluding carboxylic acids is 1. The summed E-state index contributed by atoms with van der Waals surface area (Å²) in [7, 11) is 1.81. The Balaban J connectivity index is 1.49. The summed E-state index contributed by atoms with van der Waals surface area (Å²) in [6.45, 7) is 1.15. The number of hydrogen-bond acceptors (Lipinski definition) is 4. The van der Waals surface area contributed by atoms with Crippen molar-refractivity contribution in [1.82, 2.24) is 19.7 Å². The number of amides is 1. The van der Waals surface area contributed by atoms with E-state index in [2.05, 4.69) is 16.1 Å². The van der Waals surface area contributed by atoms with Crippen LogP contribution in [0.5, 0.6) is 0 Å². The average molecular weight is 362 g/mol. The molecule has 5 nitrogen and oxygen atoms in total. The van der Waals surface area contributed by atoms with Gasteiger partial charge in [0.15, 0.2) is 0 Å². The number of benzene rings is 2. The SMILES string of the molecule is CN(Cc1nc2ccccc2s1)C(=O)c1cccc(Cn2cccn2)c1. The number of thiazole rings is 1. The molecule has 0 saturated carbocycles. The van der Waals surface area contributed by atoms with Gasteiger partial charge in [-0.1, -0.05) is 24.3 Å². The molecule has 0 fully saturated rings. The van der Waals surface area contributed by atoms with E-state index in [1.165, 1.54) is 0 Å². The van der Waals surface area contributed by atoms with Crippen molar-refractivity contribution in [2.24, 2.45) is 0 Å². The lowest BCUT2D eigenvalue weighted by molar-refractivity contribution is 0.0785. The van der Waals surface area contributed by atoms with Crippen molar-refractivity contribution in [3.05, 3.63) is 83.1 Å². The molecular weight excluding hydrogens is 344 g/mol. The molecule has 6 heteroatoms. The predicted octanol–water partition coefficient (Wildman–Crippen LogP) is 3.81. The molecule has 0 radical (unpaired) electrons. The maximum absolute atomic E-state index is 12.8. The topological polar surface area (TPSA) is 51.0 Å². The molecule has 4 aromatic rings. The summed E-state index contributed by atoms with van der Waals surface area (Å²) in [6, 6.07) is 17.6. The first-order chi connectivity index (χ1) is 12.7. The van der Waals surface area contributed by atoms with Crippen molar-refractivity contribution in [3.63, 3.8) is 0 Å². The molecule has 0 saturated heterocycles. The maximum Gasteiger partial charge on any atom is 0.253 e. The van der Waals surface area contributed by atoms with Gasteiger partial charge in [0.25, 0.3) is 5.91 Å². The van der Waals surface area contributed by atoms with Gasteiger partial charge >= 0.3 is 0 Å². The number of hydrogen-bond donors (Lipinski definition) is 0. The molecule has 1 amide bonds. The molecule has 0 spiro atoms. The lowest BCUT2D eigenvalue weighted by Crippen LogP contribution is -2.26. The molecule has 0 bridgehead atoms. The third-order valence-corrected chi connectivity index (χ3v) is 5.16. The molecule has 0 aliphatic carbocycles. The molecule has 26 heavy (non-hydrogen) atoms. The summed E-state index contributed by atoms with van der Waals surface area (Å²) in [5.41, 5.74) is 2.71. The number of carbonyl (C=O) groups is 1. The van der Waals surface area contributed by atoms with Gasteiger partial charge in [0.05, 0.1) is 23.3 Å². The van der Waals surface area contributed by atoms with Crippen LogP contribution in [-0.2, 0) is 13.1 Å². The number of para-hydroxylation sites is 1. The Morgan fingerprint density at radius 3 is 2.85 bits per heavy atom. The van der Waals surface area contributed by atoms with Crippen LogP contribution in [0.2, 0.25) is 0 Å². The van der Waals surface area contributed by atoms with E-state index in [1.54, 1.807) is 22.4 Å². The van der Waals surface area contributed by atoms with Gasteiger partial charge in [-0.2, -0.15) is 5.10 Å². The van der Waals surface area contributed by atoms with Crippen molar-refractivity contribution < 1.29 is 4.79 Å². The normalized spacial score (nSPS) is 11.0. The molecule has 130 valence electrons. The minimum Gasteiger partial charge on any atom is -0.335 e. The highest BCUT2D eigenvalue weighted by Crippen LogP contribution is 2.22. The minimum absolute atomic E-state index is 0.00780. The maximum atomic E-state index is 12.8. The van der Waals surface area contributed by atoms with Crippen LogP contribution in [0.15, 0.2) is 67.0 Å². The lowest BCUT2D eigenvalue weighted by Gasteiger charge is -2.16. The third-order valence-electron chi connectivity index (χ3n) is 4.14. The quantitative estimate of drug-likeness (QED) is 0.542. The first kappa shape index (κ1) is 16.5. The standard InChI is InChI=1S/C20H18N4OS/c1-23(14-19-22-17-8-2-3-9-18(17)26-19)20(25)16-7-4-6-15(12-16)13-24-11-5-10-21-24/h2-12H,13-14H2,1H3. The zero-order valence-corrected chi connectivity index (χ0v) is 15.2. The van der Waals surface area contributed by atoms with Gasteiger partial charge in [0.2, 0.25) is 0 Å². The number of nitrogens with zero attached hydrogens (tertiary/aromatic N) is 4. The lowest BCUT2D eigenvalue weighted by atomic mass is 10.1. The van der Waals surface area contributed by atoms with Gasteiger partial charge in [-0.25, -0.2) is 4.98 Å². The van der Waals surface area contributed by atoms with E-state index in [1.807, 2.05) is 66.5 Å². The van der Waals surface area contributed by atoms with Crippen LogP contribution in [0.4, 0.5) is 0 Å². The van der Waals surface area contributed by atoms with Crippen LogP contribution in [0.25, 0.3) is 10.2 Å². The predicted molar refractivity (Wildman–Crippen MR) is 103 cm³/mol. The summed E-state index contributed by atoms with van der Waals surface area (Å²) >= 11 is 1.63. The first-order valence-corrected chi connectivity index (χ1v) is 9.17. The second kappa shape index (κ2) is 7.09. The van der Waals surface area contributed by atoms with Gasteiger partial charge < -0.3 is 4.90 Å². The van der Waals surface area contributed by atoms with Crippen molar-refractivity contribution in [3.8, 4) is 0 Å². The number of fused-ring (bicyclic) bond motifs is 1. The van der Waals surface area contributed by atoms with Crippen LogP contribution in [0, 0.1) is 0 Å². The van der Waals surface area contributed by atoms with E-state index in [0.29, 0.717) is 18.7 Å². The molecule has 0 N–H and O–H groups in total. The Labute approximate surface area is 155 Å². The van der Waals surface area contributed by atoms with Gasteiger partial charge in [0, 0.05) is 25.0 Å². The fourth-order valence-corrected chi connectivity index (χ4v) is 3.89. The van der Waals surface area contributed by atoms with Gasteiger partial charge in [-0.15, -0.1) is 11.3 Å². The van der Waals surface area contributed by atoms with Crippen molar-refractivity contribution in [1.29, 1.82) is 0 Å². The Morgan fingerprint density at radius 1 is 1.15 bits per heavy atom. The Kier molecular flexibility index (Phi) is 4.50. The van der Waals surface area contributed by atoms with Gasteiger partial charge in [-0.3, -0.25) is 9.48 Å². The second-order valence-electron chi connectivity index (χ2n) is 6.14. The molecule has 2 aromatic carbocycles. The van der Waals surface area contributed by atoms with Crippen LogP contribution in [0.1, 0.15) is 20.9 Å². The Bertz CT molecular complexity index is 1010. The summed E-state index contributed by atoms with van der Waals surface area (Å²) in [5, 5.41) is 5.15. The highest BCUT2D eigenvalue weighted by atomic mass is 32.1. The van der Waals surface area contributed by atoms with Crippen LogP contribution in [-0.4, -0.2) is 32.6 Å². The Morgan fingerprint density at radius 2 is 2.04 bits per heavy atom. The molecule has 0 aliphatic heterocycles. The molecule has 4 rings (SSSR count). The zero-order chi connectivity index (χ0) is 17.9. The van der Waals surface area contributed by atoms with E-state index < -0.39 is 0 Å². The average Bonchev–Trinajstić information content (AvgIpc) is 3.30. The molecule has 2 aromatic heterocycles. The second-order valence-corrected chi connectivity index (χ2v) is 7.26. The van der Waals surface area contributed by atoms with E-state index in [4.69, 9.17) is 0 Å². The van der Waals surface area contributed by atoms with E-state index in [-0.39, 0.29) is 5.91 Å². The summed E-state index contributed by atoms with van der Waals surface area (Å²) in [5.74, 6) is -0.00780. The highest BCUT2D eigenvalue weighted by molar-refractivity contribution is 7.18. The van der Waals surface area contributed by atoms with Gasteiger partial charge in [0.1, 0.15) is 5.01 Å². The molecule has 0 atom stereocenters. The monoisotopic (exact) mass is 362 g/mol. The largest absolute Gasteiger partial charge is 0.335 e. The molecular formula is C20H18N4OS. The zero-order valence-electron chi connectivity index (χ0n) is 14.4. The van der Waals surface area contributed by atoms with E-state index in [0.717, 1.165) is 20.8 Å². The third kappa shape index (κ3) is 3.50. The molecule has 0 aliphatic rings.